The molecule has 0 amide bonds. The highest BCUT2D eigenvalue weighted by Crippen LogP contribution is 2.41. The Morgan fingerprint density at radius 3 is 1.88 bits per heavy atom. The number of hydrogen-bond acceptors (Lipinski definition) is 17. The molecule has 2 aromatic carbocycles. The molecular formula is C33H40O17. The van der Waals surface area contributed by atoms with Crippen LogP contribution < -0.4 is 14.9 Å². The van der Waals surface area contributed by atoms with Gasteiger partial charge in [-0.25, -0.2) is 0 Å². The molecule has 0 radical (unpaired) electrons. The van der Waals surface area contributed by atoms with Gasteiger partial charge in [0.2, 0.25) is 18.0 Å². The fourth-order valence-electron chi connectivity index (χ4n) is 5.74. The van der Waals surface area contributed by atoms with Crippen molar-refractivity contribution in [1.82, 2.24) is 0 Å². The third-order valence-corrected chi connectivity index (χ3v) is 8.52. The summed E-state index contributed by atoms with van der Waals surface area (Å²) >= 11 is 0. The van der Waals surface area contributed by atoms with E-state index in [-0.39, 0.29) is 51.3 Å². The van der Waals surface area contributed by atoms with E-state index in [1.807, 2.05) is 13.8 Å². The lowest BCUT2D eigenvalue weighted by Crippen LogP contribution is -2.60. The van der Waals surface area contributed by atoms with E-state index in [0.717, 1.165) is 23.8 Å². The summed E-state index contributed by atoms with van der Waals surface area (Å²) in [6.45, 7) is 1.33. The normalized spacial score (nSPS) is 29.9. The minimum absolute atomic E-state index is 0.0589. The lowest BCUT2D eigenvalue weighted by atomic mass is 9.98. The van der Waals surface area contributed by atoms with Gasteiger partial charge >= 0.3 is 0 Å². The number of aliphatic hydroxyl groups is 9. The molecule has 0 bridgehead atoms. The first kappa shape index (κ1) is 37.4. The molecule has 0 aliphatic carbocycles. The van der Waals surface area contributed by atoms with Gasteiger partial charge in [0, 0.05) is 23.3 Å². The number of phenols is 2. The number of allylic oxidation sites excluding steroid dienone is 2. The van der Waals surface area contributed by atoms with Gasteiger partial charge in [-0.2, -0.15) is 0 Å². The van der Waals surface area contributed by atoms with E-state index in [0.29, 0.717) is 0 Å². The molecule has 0 saturated carbocycles. The van der Waals surface area contributed by atoms with Crippen molar-refractivity contribution in [3.8, 4) is 34.3 Å². The van der Waals surface area contributed by atoms with Crippen molar-refractivity contribution in [2.75, 3.05) is 13.2 Å². The highest BCUT2D eigenvalue weighted by Gasteiger charge is 2.46. The standard InChI is InChI=1S/C33H40O17/c1-12(2)3-4-13-5-14(6-18(38)31(13)50-33-29(45)27(43)25(41)21(11-36)49-33)30-16(9-34)23(39)22-17(37)7-15(8-19(22)47-30)46-32-28(44)26(42)24(40)20(10-35)48-32/h3,5-8,20-21,24-29,32-38,40-45H,4,9-11H2,1-2H3/t20-,21-,24-,25-,26+,27+,28-,29-,32-,33+/m1/s1. The highest BCUT2D eigenvalue weighted by atomic mass is 16.7. The molecule has 0 spiro atoms. The molecule has 10 atom stereocenters. The van der Waals surface area contributed by atoms with Gasteiger partial charge in [-0.15, -0.1) is 0 Å². The zero-order valence-corrected chi connectivity index (χ0v) is 26.9. The van der Waals surface area contributed by atoms with E-state index in [1.54, 1.807) is 6.08 Å². The highest BCUT2D eigenvalue weighted by molar-refractivity contribution is 5.87. The SMILES string of the molecule is CC(C)=CCc1cc(-c2oc3cc(O[C@@H]4O[C@H](CO)[C@@H](O)[C@H](O)[C@H]4O)cc(O)c3c(=O)c2CO)cc(O)c1O[C@@H]1O[C@H](CO)[C@@H](O)[C@H](O)[C@H]1O. The molecule has 1 aromatic heterocycles. The maximum Gasteiger partial charge on any atom is 0.229 e. The number of aliphatic hydroxyl groups excluding tert-OH is 9. The van der Waals surface area contributed by atoms with E-state index in [2.05, 4.69) is 0 Å². The molecule has 2 aliphatic heterocycles. The Balaban J connectivity index is 1.58. The first-order chi connectivity index (χ1) is 23.7. The summed E-state index contributed by atoms with van der Waals surface area (Å²) in [5.41, 5.74) is -0.229. The van der Waals surface area contributed by atoms with Crippen molar-refractivity contribution >= 4 is 11.0 Å². The Morgan fingerprint density at radius 2 is 1.34 bits per heavy atom. The minimum Gasteiger partial charge on any atom is -0.507 e. The van der Waals surface area contributed by atoms with Gasteiger partial charge in [0.1, 0.15) is 77.1 Å². The smallest absolute Gasteiger partial charge is 0.229 e. The lowest BCUT2D eigenvalue weighted by molar-refractivity contribution is -0.277. The lowest BCUT2D eigenvalue weighted by Gasteiger charge is -2.39. The van der Waals surface area contributed by atoms with E-state index >= 15 is 0 Å². The third kappa shape index (κ3) is 7.16. The van der Waals surface area contributed by atoms with Gasteiger partial charge in [-0.05, 0) is 32.4 Å². The molecule has 274 valence electrons. The first-order valence-electron chi connectivity index (χ1n) is 15.6. The molecule has 3 aromatic rings. The molecule has 17 nitrogen and oxygen atoms in total. The zero-order chi connectivity index (χ0) is 36.6. The fourth-order valence-corrected chi connectivity index (χ4v) is 5.74. The Bertz CT molecular complexity index is 1760. The minimum atomic E-state index is -1.78. The Morgan fingerprint density at radius 1 is 0.760 bits per heavy atom. The van der Waals surface area contributed by atoms with Crippen LogP contribution >= 0.6 is 0 Å². The van der Waals surface area contributed by atoms with Crippen LogP contribution in [0.5, 0.6) is 23.0 Å². The number of aromatic hydroxyl groups is 2. The predicted octanol–water partition coefficient (Wildman–Crippen LogP) is -1.77. The van der Waals surface area contributed by atoms with Gasteiger partial charge in [0.05, 0.1) is 25.4 Å². The summed E-state index contributed by atoms with van der Waals surface area (Å²) in [6, 6.07) is 4.73. The molecule has 17 heteroatoms. The van der Waals surface area contributed by atoms with Crippen LogP contribution in [0, 0.1) is 0 Å². The first-order valence-corrected chi connectivity index (χ1v) is 15.6. The molecular weight excluding hydrogens is 668 g/mol. The van der Waals surface area contributed by atoms with Crippen molar-refractivity contribution in [3.63, 3.8) is 0 Å². The summed E-state index contributed by atoms with van der Waals surface area (Å²) in [7, 11) is 0. The predicted molar refractivity (Wildman–Crippen MR) is 169 cm³/mol. The summed E-state index contributed by atoms with van der Waals surface area (Å²) in [5.74, 6) is -1.86. The van der Waals surface area contributed by atoms with Crippen molar-refractivity contribution < 1.29 is 79.5 Å². The van der Waals surface area contributed by atoms with Crippen LogP contribution in [-0.2, 0) is 22.5 Å². The van der Waals surface area contributed by atoms with Crippen LogP contribution in [-0.4, -0.2) is 131 Å². The van der Waals surface area contributed by atoms with Gasteiger partial charge in [-0.3, -0.25) is 4.79 Å². The van der Waals surface area contributed by atoms with E-state index < -0.39 is 98.2 Å². The van der Waals surface area contributed by atoms with Crippen LogP contribution in [0.4, 0.5) is 0 Å². The van der Waals surface area contributed by atoms with Gasteiger partial charge < -0.3 is 79.5 Å². The average molecular weight is 709 g/mol. The van der Waals surface area contributed by atoms with Crippen molar-refractivity contribution in [1.29, 1.82) is 0 Å². The number of rotatable bonds is 10. The summed E-state index contributed by atoms with van der Waals surface area (Å²) < 4.78 is 28.2. The monoisotopic (exact) mass is 708 g/mol. The molecule has 50 heavy (non-hydrogen) atoms. The molecule has 11 N–H and O–H groups in total. The third-order valence-electron chi connectivity index (χ3n) is 8.52. The maximum absolute atomic E-state index is 13.6. The molecule has 5 rings (SSSR count). The van der Waals surface area contributed by atoms with Crippen LogP contribution in [0.3, 0.4) is 0 Å². The molecule has 2 saturated heterocycles. The van der Waals surface area contributed by atoms with Crippen molar-refractivity contribution in [3.05, 3.63) is 57.3 Å². The van der Waals surface area contributed by atoms with Crippen molar-refractivity contribution in [2.45, 2.75) is 88.3 Å². The molecule has 2 aliphatic rings. The van der Waals surface area contributed by atoms with Crippen LogP contribution in [0.15, 0.2) is 45.1 Å². The second-order valence-electron chi connectivity index (χ2n) is 12.3. The van der Waals surface area contributed by atoms with Gasteiger partial charge in [0.25, 0.3) is 0 Å². The van der Waals surface area contributed by atoms with E-state index in [9.17, 15) is 61.0 Å². The topological polar surface area (TPSA) is 290 Å². The van der Waals surface area contributed by atoms with Crippen LogP contribution in [0.1, 0.15) is 25.0 Å². The molecule has 3 heterocycles. The molecule has 0 unspecified atom stereocenters. The van der Waals surface area contributed by atoms with E-state index in [1.165, 1.54) is 6.07 Å². The van der Waals surface area contributed by atoms with Gasteiger partial charge in [-0.1, -0.05) is 11.6 Å². The van der Waals surface area contributed by atoms with Crippen molar-refractivity contribution in [2.24, 2.45) is 0 Å². The van der Waals surface area contributed by atoms with Crippen LogP contribution in [0.25, 0.3) is 22.3 Å². The fraction of sp³-hybridized carbons (Fsp3) is 0.485. The number of phenolic OH excluding ortho intramolecular Hbond substituents is 2. The number of hydrogen-bond donors (Lipinski definition) is 11. The summed E-state index contributed by atoms with van der Waals surface area (Å²) in [6.07, 6.45) is -14.3. The number of fused-ring (bicyclic) bond motifs is 1. The number of ether oxygens (including phenoxy) is 4. The Kier molecular flexibility index (Phi) is 11.4. The van der Waals surface area contributed by atoms with Gasteiger partial charge in [0.15, 0.2) is 11.5 Å². The largest absolute Gasteiger partial charge is 0.507 e. The Labute approximate surface area is 283 Å². The second kappa shape index (κ2) is 15.2. The average Bonchev–Trinajstić information content (AvgIpc) is 3.08. The zero-order valence-electron chi connectivity index (χ0n) is 26.9. The second-order valence-corrected chi connectivity index (χ2v) is 12.3. The Hall–Kier alpha value is -3.85. The quantitative estimate of drug-likeness (QED) is 0.104. The summed E-state index contributed by atoms with van der Waals surface area (Å²) in [4.78, 5) is 13.6. The van der Waals surface area contributed by atoms with Crippen LogP contribution in [0.2, 0.25) is 0 Å². The summed E-state index contributed by atoms with van der Waals surface area (Å²) in [5, 5.41) is 112. The molecule has 2 fully saturated rings. The maximum atomic E-state index is 13.6. The van der Waals surface area contributed by atoms with E-state index in [4.69, 9.17) is 23.4 Å². The number of benzene rings is 2.